The van der Waals surface area contributed by atoms with Crippen molar-refractivity contribution in [1.82, 2.24) is 0 Å². The van der Waals surface area contributed by atoms with E-state index in [9.17, 15) is 4.79 Å². The maximum atomic E-state index is 11.4. The molecule has 0 atom stereocenters. The number of nitrogens with zero attached hydrogens (tertiary/aromatic N) is 1. The number of rotatable bonds is 8. The minimum atomic E-state index is -0.339. The van der Waals surface area contributed by atoms with Crippen molar-refractivity contribution in [1.29, 1.82) is 0 Å². The fraction of sp³-hybridized carbons (Fsp3) is 0.108. The van der Waals surface area contributed by atoms with E-state index in [0.29, 0.717) is 5.75 Å². The summed E-state index contributed by atoms with van der Waals surface area (Å²) in [4.78, 5) is 13.7. The number of ether oxygens (including phenoxy) is 2. The Bertz CT molecular complexity index is 1590. The number of anilines is 3. The van der Waals surface area contributed by atoms with Crippen LogP contribution in [0.5, 0.6) is 11.5 Å². The lowest BCUT2D eigenvalue weighted by Gasteiger charge is -2.26. The molecule has 0 aliphatic carbocycles. The summed E-state index contributed by atoms with van der Waals surface area (Å²) >= 11 is 0. The van der Waals surface area contributed by atoms with Gasteiger partial charge in [-0.2, -0.15) is 0 Å². The summed E-state index contributed by atoms with van der Waals surface area (Å²) in [5, 5.41) is 0. The Hall–Kier alpha value is -5.09. The van der Waals surface area contributed by atoms with Crippen molar-refractivity contribution in [2.24, 2.45) is 0 Å². The fourth-order valence-electron chi connectivity index (χ4n) is 4.69. The lowest BCUT2D eigenvalue weighted by atomic mass is 9.95. The third-order valence-electron chi connectivity index (χ3n) is 6.87. The van der Waals surface area contributed by atoms with Gasteiger partial charge < -0.3 is 14.4 Å². The van der Waals surface area contributed by atoms with E-state index in [2.05, 4.69) is 110 Å². The zero-order valence-electron chi connectivity index (χ0n) is 23.8. The highest BCUT2D eigenvalue weighted by atomic mass is 16.5. The predicted octanol–water partition coefficient (Wildman–Crippen LogP) is 9.30. The Balaban J connectivity index is 1.53. The van der Waals surface area contributed by atoms with Gasteiger partial charge >= 0.3 is 5.97 Å². The van der Waals surface area contributed by atoms with Crippen molar-refractivity contribution in [3.63, 3.8) is 0 Å². The predicted molar refractivity (Wildman–Crippen MR) is 168 cm³/mol. The molecule has 5 rings (SSSR count). The van der Waals surface area contributed by atoms with Gasteiger partial charge in [0, 0.05) is 24.0 Å². The average molecular weight is 540 g/mol. The maximum Gasteiger partial charge on any atom is 0.308 e. The SMILES string of the molecule is COc1ccc(/C(=C/c2ccc(N(c3ccc(C)cc3)c3ccc(C)cc3)cc2)c2ccc(OC(C)=O)cc2)cc1. The van der Waals surface area contributed by atoms with Crippen LogP contribution in [0.25, 0.3) is 11.6 Å². The molecule has 0 heterocycles. The van der Waals surface area contributed by atoms with Crippen LogP contribution in [-0.4, -0.2) is 13.1 Å². The summed E-state index contributed by atoms with van der Waals surface area (Å²) in [6.45, 7) is 5.61. The Labute approximate surface area is 242 Å². The van der Waals surface area contributed by atoms with E-state index < -0.39 is 0 Å². The number of carbonyl (C=O) groups excluding carboxylic acids is 1. The van der Waals surface area contributed by atoms with Gasteiger partial charge in [0.1, 0.15) is 11.5 Å². The molecule has 0 fully saturated rings. The summed E-state index contributed by atoms with van der Waals surface area (Å²) in [7, 11) is 1.66. The van der Waals surface area contributed by atoms with Crippen LogP contribution in [0.2, 0.25) is 0 Å². The van der Waals surface area contributed by atoms with Crippen molar-refractivity contribution in [2.75, 3.05) is 12.0 Å². The summed E-state index contributed by atoms with van der Waals surface area (Å²) in [6, 6.07) is 41.4. The van der Waals surface area contributed by atoms with Crippen molar-refractivity contribution in [3.05, 3.63) is 149 Å². The van der Waals surface area contributed by atoms with Gasteiger partial charge in [-0.15, -0.1) is 0 Å². The van der Waals surface area contributed by atoms with Crippen LogP contribution in [0.1, 0.15) is 34.7 Å². The van der Waals surface area contributed by atoms with Gasteiger partial charge in [0.2, 0.25) is 0 Å². The van der Waals surface area contributed by atoms with Crippen molar-refractivity contribution >= 4 is 34.7 Å². The summed E-state index contributed by atoms with van der Waals surface area (Å²) in [5.41, 5.74) is 9.91. The number of carbonyl (C=O) groups is 1. The molecule has 4 nitrogen and oxygen atoms in total. The fourth-order valence-corrected chi connectivity index (χ4v) is 4.69. The average Bonchev–Trinajstić information content (AvgIpc) is 2.99. The van der Waals surface area contributed by atoms with Crippen LogP contribution in [-0.2, 0) is 4.79 Å². The highest BCUT2D eigenvalue weighted by Crippen LogP contribution is 2.36. The quantitative estimate of drug-likeness (QED) is 0.112. The molecule has 0 saturated carbocycles. The van der Waals surface area contributed by atoms with Crippen LogP contribution in [0.3, 0.4) is 0 Å². The second-order valence-electron chi connectivity index (χ2n) is 10.0. The van der Waals surface area contributed by atoms with Crippen LogP contribution >= 0.6 is 0 Å². The normalized spacial score (nSPS) is 11.2. The molecule has 0 unspecified atom stereocenters. The molecule has 5 aromatic carbocycles. The number of benzene rings is 5. The minimum absolute atomic E-state index is 0.339. The molecule has 0 N–H and O–H groups in total. The zero-order valence-corrected chi connectivity index (χ0v) is 23.8. The number of hydrogen-bond acceptors (Lipinski definition) is 4. The first-order chi connectivity index (χ1) is 19.9. The molecule has 0 aliphatic heterocycles. The van der Waals surface area contributed by atoms with Gasteiger partial charge in [-0.3, -0.25) is 4.79 Å². The molecule has 0 spiro atoms. The lowest BCUT2D eigenvalue weighted by Crippen LogP contribution is -2.09. The summed E-state index contributed by atoms with van der Waals surface area (Å²) in [6.07, 6.45) is 2.18. The lowest BCUT2D eigenvalue weighted by molar-refractivity contribution is -0.131. The molecule has 41 heavy (non-hydrogen) atoms. The van der Waals surface area contributed by atoms with Gasteiger partial charge in [-0.1, -0.05) is 71.8 Å². The van der Waals surface area contributed by atoms with Gasteiger partial charge in [0.05, 0.1) is 7.11 Å². The minimum Gasteiger partial charge on any atom is -0.497 e. The molecule has 0 aromatic heterocycles. The maximum absolute atomic E-state index is 11.4. The molecular weight excluding hydrogens is 506 g/mol. The summed E-state index contributed by atoms with van der Waals surface area (Å²) < 4.78 is 10.6. The standard InChI is InChI=1S/C37H33NO3/c1-26-5-15-32(16-6-26)38(33-17-7-27(2)8-18-33)34-19-9-29(10-20-34)25-37(30-11-21-35(40-4)22-12-30)31-13-23-36(24-14-31)41-28(3)39/h5-25H,1-4H3/b37-25-. The highest BCUT2D eigenvalue weighted by molar-refractivity contribution is 5.92. The van der Waals surface area contributed by atoms with E-state index in [1.807, 2.05) is 36.4 Å². The van der Waals surface area contributed by atoms with E-state index in [-0.39, 0.29) is 5.97 Å². The first-order valence-electron chi connectivity index (χ1n) is 13.6. The number of methoxy groups -OCH3 is 1. The molecule has 0 saturated heterocycles. The largest absolute Gasteiger partial charge is 0.497 e. The molecule has 4 heteroatoms. The molecule has 204 valence electrons. The molecule has 0 radical (unpaired) electrons. The topological polar surface area (TPSA) is 38.8 Å². The van der Waals surface area contributed by atoms with Crippen molar-refractivity contribution < 1.29 is 14.3 Å². The monoisotopic (exact) mass is 539 g/mol. The Morgan fingerprint density at radius 2 is 1.00 bits per heavy atom. The zero-order chi connectivity index (χ0) is 28.8. The van der Waals surface area contributed by atoms with Crippen molar-refractivity contribution in [2.45, 2.75) is 20.8 Å². The third-order valence-corrected chi connectivity index (χ3v) is 6.87. The first kappa shape index (κ1) is 27.5. The second kappa shape index (κ2) is 12.4. The Kier molecular flexibility index (Phi) is 8.31. The van der Waals surface area contributed by atoms with Gasteiger partial charge in [0.15, 0.2) is 0 Å². The van der Waals surface area contributed by atoms with Crippen molar-refractivity contribution in [3.8, 4) is 11.5 Å². The van der Waals surface area contributed by atoms with E-state index in [4.69, 9.17) is 9.47 Å². The Morgan fingerprint density at radius 1 is 0.585 bits per heavy atom. The first-order valence-corrected chi connectivity index (χ1v) is 13.6. The van der Waals surface area contributed by atoms with Crippen LogP contribution in [0.4, 0.5) is 17.1 Å². The number of esters is 1. The van der Waals surface area contributed by atoms with Gasteiger partial charge in [-0.05, 0) is 103 Å². The molecule has 0 aliphatic rings. The van der Waals surface area contributed by atoms with E-state index in [0.717, 1.165) is 45.1 Å². The highest BCUT2D eigenvalue weighted by Gasteiger charge is 2.13. The summed E-state index contributed by atoms with van der Waals surface area (Å²) in [5.74, 6) is 0.982. The van der Waals surface area contributed by atoms with E-state index in [1.54, 1.807) is 7.11 Å². The van der Waals surface area contributed by atoms with E-state index >= 15 is 0 Å². The number of hydrogen-bond donors (Lipinski definition) is 0. The smallest absolute Gasteiger partial charge is 0.308 e. The third kappa shape index (κ3) is 6.74. The molecular formula is C37H33NO3. The molecule has 0 bridgehead atoms. The van der Waals surface area contributed by atoms with Gasteiger partial charge in [0.25, 0.3) is 0 Å². The van der Waals surface area contributed by atoms with Crippen LogP contribution in [0, 0.1) is 13.8 Å². The van der Waals surface area contributed by atoms with E-state index in [1.165, 1.54) is 18.1 Å². The number of aryl methyl sites for hydroxylation is 2. The molecule has 5 aromatic rings. The Morgan fingerprint density at radius 3 is 1.41 bits per heavy atom. The molecule has 0 amide bonds. The second-order valence-corrected chi connectivity index (χ2v) is 10.0. The van der Waals surface area contributed by atoms with Crippen LogP contribution < -0.4 is 14.4 Å². The van der Waals surface area contributed by atoms with Crippen LogP contribution in [0.15, 0.2) is 121 Å². The van der Waals surface area contributed by atoms with Gasteiger partial charge in [-0.25, -0.2) is 0 Å².